The molecule has 1 aromatic carbocycles. The van der Waals surface area contributed by atoms with E-state index in [1.165, 1.54) is 0 Å². The fourth-order valence-corrected chi connectivity index (χ4v) is 2.33. The molecule has 1 heterocycles. The van der Waals surface area contributed by atoms with Gasteiger partial charge < -0.3 is 5.32 Å². The average Bonchev–Trinajstić information content (AvgIpc) is 2.63. The van der Waals surface area contributed by atoms with E-state index in [0.29, 0.717) is 10.6 Å². The van der Waals surface area contributed by atoms with Gasteiger partial charge in [-0.3, -0.25) is 9.48 Å². The first kappa shape index (κ1) is 14.6. The summed E-state index contributed by atoms with van der Waals surface area (Å²) < 4.78 is 1.72. The number of rotatable bonds is 3. The van der Waals surface area contributed by atoms with Gasteiger partial charge in [0.2, 0.25) is 0 Å². The Hall–Kier alpha value is -1.81. The molecule has 1 amide bonds. The first-order valence-corrected chi connectivity index (χ1v) is 6.84. The highest BCUT2D eigenvalue weighted by molar-refractivity contribution is 6.30. The summed E-state index contributed by atoms with van der Waals surface area (Å²) in [6.07, 6.45) is 0. The summed E-state index contributed by atoms with van der Waals surface area (Å²) in [6.45, 7) is 5.68. The molecule has 2 aromatic rings. The summed E-state index contributed by atoms with van der Waals surface area (Å²) in [7, 11) is 1.84. The van der Waals surface area contributed by atoms with E-state index in [9.17, 15) is 4.79 Å². The fraction of sp³-hybridized carbons (Fsp3) is 0.333. The Morgan fingerprint density at radius 3 is 2.40 bits per heavy atom. The van der Waals surface area contributed by atoms with Crippen LogP contribution in [0.4, 0.5) is 0 Å². The van der Waals surface area contributed by atoms with E-state index in [1.807, 2.05) is 52.1 Å². The molecule has 1 N–H and O–H groups in total. The monoisotopic (exact) mass is 291 g/mol. The van der Waals surface area contributed by atoms with Crippen LogP contribution in [0.3, 0.4) is 0 Å². The number of aromatic nitrogens is 2. The Bertz CT molecular complexity index is 631. The molecule has 0 radical (unpaired) electrons. The fourth-order valence-electron chi connectivity index (χ4n) is 2.21. The first-order valence-electron chi connectivity index (χ1n) is 6.46. The number of benzene rings is 1. The lowest BCUT2D eigenvalue weighted by Gasteiger charge is -2.14. The van der Waals surface area contributed by atoms with Crippen molar-refractivity contribution in [1.82, 2.24) is 15.1 Å². The van der Waals surface area contributed by atoms with Crippen LogP contribution in [0.25, 0.3) is 0 Å². The van der Waals surface area contributed by atoms with E-state index in [2.05, 4.69) is 10.4 Å². The van der Waals surface area contributed by atoms with Crippen LogP contribution in [0, 0.1) is 13.8 Å². The van der Waals surface area contributed by atoms with Crippen molar-refractivity contribution in [2.45, 2.75) is 26.8 Å². The molecular formula is C15H18ClN3O. The second kappa shape index (κ2) is 5.67. The predicted octanol–water partition coefficient (Wildman–Crippen LogP) is 3.18. The molecule has 0 aliphatic rings. The van der Waals surface area contributed by atoms with Crippen LogP contribution in [0.15, 0.2) is 24.3 Å². The summed E-state index contributed by atoms with van der Waals surface area (Å²) in [5.41, 5.74) is 3.27. The van der Waals surface area contributed by atoms with Gasteiger partial charge in [0.15, 0.2) is 0 Å². The minimum absolute atomic E-state index is 0.0845. The Kier molecular flexibility index (Phi) is 4.14. The number of nitrogens with one attached hydrogen (secondary N) is 1. The zero-order valence-corrected chi connectivity index (χ0v) is 12.8. The summed E-state index contributed by atoms with van der Waals surface area (Å²) in [5.74, 6) is -0.101. The number of hydrogen-bond donors (Lipinski definition) is 1. The molecule has 0 aliphatic carbocycles. The van der Waals surface area contributed by atoms with Gasteiger partial charge in [0, 0.05) is 17.8 Å². The van der Waals surface area contributed by atoms with E-state index in [1.54, 1.807) is 4.68 Å². The topological polar surface area (TPSA) is 46.9 Å². The van der Waals surface area contributed by atoms with E-state index < -0.39 is 0 Å². The van der Waals surface area contributed by atoms with Crippen LogP contribution in [-0.2, 0) is 7.05 Å². The van der Waals surface area contributed by atoms with Crippen molar-refractivity contribution in [1.29, 1.82) is 0 Å². The molecule has 1 atom stereocenters. The van der Waals surface area contributed by atoms with Crippen molar-refractivity contribution >= 4 is 17.5 Å². The summed E-state index contributed by atoms with van der Waals surface area (Å²) in [4.78, 5) is 12.4. The molecule has 0 saturated heterocycles. The van der Waals surface area contributed by atoms with Crippen molar-refractivity contribution < 1.29 is 4.79 Å². The molecule has 1 aromatic heterocycles. The van der Waals surface area contributed by atoms with E-state index in [4.69, 9.17) is 11.6 Å². The zero-order chi connectivity index (χ0) is 14.9. The van der Waals surface area contributed by atoms with E-state index >= 15 is 0 Å². The lowest BCUT2D eigenvalue weighted by Crippen LogP contribution is -2.27. The minimum Gasteiger partial charge on any atom is -0.345 e. The highest BCUT2D eigenvalue weighted by Gasteiger charge is 2.19. The van der Waals surface area contributed by atoms with Crippen LogP contribution >= 0.6 is 11.6 Å². The molecule has 2 rings (SSSR count). The SMILES string of the molecule is Cc1nn(C)c(C)c1C(=O)N[C@H](C)c1ccc(Cl)cc1. The third kappa shape index (κ3) is 2.85. The normalized spacial score (nSPS) is 12.2. The third-order valence-electron chi connectivity index (χ3n) is 3.45. The Balaban J connectivity index is 2.17. The molecule has 0 fully saturated rings. The van der Waals surface area contributed by atoms with E-state index in [0.717, 1.165) is 17.0 Å². The number of nitrogens with zero attached hydrogens (tertiary/aromatic N) is 2. The summed E-state index contributed by atoms with van der Waals surface area (Å²) in [6, 6.07) is 7.38. The number of hydrogen-bond acceptors (Lipinski definition) is 2. The maximum Gasteiger partial charge on any atom is 0.255 e. The number of carbonyl (C=O) groups is 1. The van der Waals surface area contributed by atoms with Crippen molar-refractivity contribution in [3.05, 3.63) is 51.8 Å². The molecule has 0 aliphatic heterocycles. The van der Waals surface area contributed by atoms with Gasteiger partial charge in [0.25, 0.3) is 5.91 Å². The largest absolute Gasteiger partial charge is 0.345 e. The number of aryl methyl sites for hydroxylation is 2. The Morgan fingerprint density at radius 2 is 1.90 bits per heavy atom. The van der Waals surface area contributed by atoms with Crippen molar-refractivity contribution in [3.8, 4) is 0 Å². The smallest absolute Gasteiger partial charge is 0.255 e. The highest BCUT2D eigenvalue weighted by Crippen LogP contribution is 2.18. The summed E-state index contributed by atoms with van der Waals surface area (Å²) >= 11 is 5.86. The van der Waals surface area contributed by atoms with Crippen LogP contribution in [0.2, 0.25) is 5.02 Å². The van der Waals surface area contributed by atoms with Crippen LogP contribution in [0.5, 0.6) is 0 Å². The summed E-state index contributed by atoms with van der Waals surface area (Å²) in [5, 5.41) is 7.94. The molecule has 106 valence electrons. The maximum atomic E-state index is 12.4. The van der Waals surface area contributed by atoms with Gasteiger partial charge in [-0.15, -0.1) is 0 Å². The van der Waals surface area contributed by atoms with Gasteiger partial charge in [-0.05, 0) is 38.5 Å². The van der Waals surface area contributed by atoms with Gasteiger partial charge in [-0.1, -0.05) is 23.7 Å². The molecule has 5 heteroatoms. The Labute approximate surface area is 123 Å². The zero-order valence-electron chi connectivity index (χ0n) is 12.1. The van der Waals surface area contributed by atoms with Gasteiger partial charge >= 0.3 is 0 Å². The van der Waals surface area contributed by atoms with Crippen LogP contribution < -0.4 is 5.32 Å². The molecule has 0 saturated carbocycles. The number of halogens is 1. The molecular weight excluding hydrogens is 274 g/mol. The lowest BCUT2D eigenvalue weighted by atomic mass is 10.1. The minimum atomic E-state index is -0.101. The van der Waals surface area contributed by atoms with E-state index in [-0.39, 0.29) is 11.9 Å². The predicted molar refractivity (Wildman–Crippen MR) is 80.0 cm³/mol. The van der Waals surface area contributed by atoms with Crippen molar-refractivity contribution in [2.75, 3.05) is 0 Å². The first-order chi connectivity index (χ1) is 9.40. The molecule has 0 unspecified atom stereocenters. The molecule has 0 bridgehead atoms. The molecule has 4 nitrogen and oxygen atoms in total. The van der Waals surface area contributed by atoms with Crippen molar-refractivity contribution in [2.24, 2.45) is 7.05 Å². The Morgan fingerprint density at radius 1 is 1.30 bits per heavy atom. The van der Waals surface area contributed by atoms with Gasteiger partial charge in [-0.2, -0.15) is 5.10 Å². The molecule has 0 spiro atoms. The second-order valence-corrected chi connectivity index (χ2v) is 5.35. The van der Waals surface area contributed by atoms with Crippen molar-refractivity contribution in [3.63, 3.8) is 0 Å². The molecule has 20 heavy (non-hydrogen) atoms. The van der Waals surface area contributed by atoms with Gasteiger partial charge in [0.1, 0.15) is 0 Å². The quantitative estimate of drug-likeness (QED) is 0.944. The van der Waals surface area contributed by atoms with Gasteiger partial charge in [0.05, 0.1) is 17.3 Å². The van der Waals surface area contributed by atoms with Crippen LogP contribution in [-0.4, -0.2) is 15.7 Å². The number of amides is 1. The second-order valence-electron chi connectivity index (χ2n) is 4.92. The van der Waals surface area contributed by atoms with Crippen LogP contribution in [0.1, 0.15) is 40.3 Å². The van der Waals surface area contributed by atoms with Gasteiger partial charge in [-0.25, -0.2) is 0 Å². The lowest BCUT2D eigenvalue weighted by molar-refractivity contribution is 0.0938. The maximum absolute atomic E-state index is 12.4. The highest BCUT2D eigenvalue weighted by atomic mass is 35.5. The average molecular weight is 292 g/mol. The number of carbonyl (C=O) groups excluding carboxylic acids is 1. The standard InChI is InChI=1S/C15H18ClN3O/c1-9(12-5-7-13(16)8-6-12)17-15(20)14-10(2)18-19(4)11(14)3/h5-9H,1-4H3,(H,17,20)/t9-/m1/s1. The third-order valence-corrected chi connectivity index (χ3v) is 3.71.